The summed E-state index contributed by atoms with van der Waals surface area (Å²) in [6, 6.07) is 9.69. The second kappa shape index (κ2) is 13.2. The monoisotopic (exact) mass is 525 g/mol. The molecule has 1 aliphatic carbocycles. The number of amides is 1. The number of nitrogens with zero attached hydrogens (tertiary/aromatic N) is 2. The minimum atomic E-state index is -0.676. The van der Waals surface area contributed by atoms with E-state index in [1.54, 1.807) is 6.08 Å². The van der Waals surface area contributed by atoms with Gasteiger partial charge < -0.3 is 24.3 Å². The van der Waals surface area contributed by atoms with Crippen LogP contribution < -0.4 is 10.1 Å². The number of nitrogens with one attached hydrogen (secondary N) is 1. The van der Waals surface area contributed by atoms with Gasteiger partial charge in [0.25, 0.3) is 0 Å². The summed E-state index contributed by atoms with van der Waals surface area (Å²) in [6.45, 7) is 6.41. The molecule has 1 N–H and O–H groups in total. The molecule has 1 aliphatic heterocycles. The molecule has 9 nitrogen and oxygen atoms in total. The van der Waals surface area contributed by atoms with E-state index in [9.17, 15) is 14.9 Å². The fourth-order valence-electron chi connectivity index (χ4n) is 4.34. The van der Waals surface area contributed by atoms with Crippen molar-refractivity contribution < 1.29 is 28.5 Å². The van der Waals surface area contributed by atoms with Crippen molar-refractivity contribution >= 4 is 34.5 Å². The lowest BCUT2D eigenvalue weighted by molar-refractivity contribution is -0.111. The van der Waals surface area contributed by atoms with Gasteiger partial charge in [0.15, 0.2) is 0 Å². The fraction of sp³-hybridized carbons (Fsp3) is 0.444. The molecule has 2 aliphatic rings. The van der Waals surface area contributed by atoms with Gasteiger partial charge in [0.2, 0.25) is 5.91 Å². The first-order valence-corrected chi connectivity index (χ1v) is 13.3. The van der Waals surface area contributed by atoms with Crippen LogP contribution in [0.2, 0.25) is 0 Å². The van der Waals surface area contributed by atoms with E-state index < -0.39 is 6.16 Å². The predicted molar refractivity (Wildman–Crippen MR) is 140 cm³/mol. The summed E-state index contributed by atoms with van der Waals surface area (Å²) in [5, 5.41) is 13.1. The standard InChI is InChI=1S/C27H31N3O6S/c1-2-34-23-6-4-3-5-19(23)7-10-25(31)29-26-22(18-28)21-9-8-20(17-24(21)37-26)36-27(32)35-16-13-30-11-14-33-15-12-30/h3-7,10,20H,2,8-9,11-17H2,1H3,(H,29,31)/b10-7+. The van der Waals surface area contributed by atoms with Gasteiger partial charge in [-0.15, -0.1) is 11.3 Å². The summed E-state index contributed by atoms with van der Waals surface area (Å²) in [7, 11) is 0. The SMILES string of the molecule is CCOc1ccccc1/C=C/C(=O)Nc1sc2c(c1C#N)CCC(OC(=O)OCCN1CCOCC1)C2. The number of fused-ring (bicyclic) bond motifs is 1. The Labute approximate surface area is 220 Å². The van der Waals surface area contributed by atoms with Gasteiger partial charge >= 0.3 is 6.16 Å². The molecule has 1 fully saturated rings. The fourth-order valence-corrected chi connectivity index (χ4v) is 5.61. The van der Waals surface area contributed by atoms with Crippen molar-refractivity contribution in [3.63, 3.8) is 0 Å². The molecular formula is C27H31N3O6S. The third-order valence-corrected chi connectivity index (χ3v) is 7.37. The number of carbonyl (C=O) groups excluding carboxylic acids is 2. The molecule has 0 saturated carbocycles. The zero-order chi connectivity index (χ0) is 26.0. The Morgan fingerprint density at radius 1 is 1.30 bits per heavy atom. The summed E-state index contributed by atoms with van der Waals surface area (Å²) in [4.78, 5) is 27.9. The van der Waals surface area contributed by atoms with E-state index in [0.717, 1.165) is 29.1 Å². The molecule has 4 rings (SSSR count). The average Bonchev–Trinajstić information content (AvgIpc) is 3.25. The van der Waals surface area contributed by atoms with Gasteiger partial charge in [-0.1, -0.05) is 18.2 Å². The van der Waals surface area contributed by atoms with Crippen LogP contribution in [0, 0.1) is 11.3 Å². The molecule has 1 aromatic carbocycles. The second-order valence-electron chi connectivity index (χ2n) is 8.65. The first-order chi connectivity index (χ1) is 18.1. The number of rotatable bonds is 9. The number of hydrogen-bond donors (Lipinski definition) is 1. The third kappa shape index (κ3) is 7.32. The molecule has 0 radical (unpaired) electrons. The van der Waals surface area contributed by atoms with E-state index in [1.807, 2.05) is 31.2 Å². The topological polar surface area (TPSA) is 110 Å². The molecule has 1 aromatic heterocycles. The predicted octanol–water partition coefficient (Wildman–Crippen LogP) is 4.01. The van der Waals surface area contributed by atoms with Crippen LogP contribution in [-0.4, -0.2) is 69.1 Å². The number of carbonyl (C=O) groups is 2. The lowest BCUT2D eigenvalue weighted by Gasteiger charge is -2.26. The Hall–Kier alpha value is -3.39. The average molecular weight is 526 g/mol. The molecule has 1 saturated heterocycles. The summed E-state index contributed by atoms with van der Waals surface area (Å²) >= 11 is 1.35. The van der Waals surface area contributed by atoms with E-state index in [4.69, 9.17) is 18.9 Å². The summed E-state index contributed by atoms with van der Waals surface area (Å²) < 4.78 is 21.7. The lowest BCUT2D eigenvalue weighted by Crippen LogP contribution is -2.38. The van der Waals surface area contributed by atoms with Crippen LogP contribution in [0.5, 0.6) is 5.75 Å². The molecule has 10 heteroatoms. The highest BCUT2D eigenvalue weighted by molar-refractivity contribution is 7.16. The van der Waals surface area contributed by atoms with Gasteiger partial charge in [0.1, 0.15) is 29.5 Å². The Morgan fingerprint density at radius 2 is 2.11 bits per heavy atom. The van der Waals surface area contributed by atoms with Crippen molar-refractivity contribution in [2.45, 2.75) is 32.3 Å². The van der Waals surface area contributed by atoms with Crippen LogP contribution in [-0.2, 0) is 31.8 Å². The smallest absolute Gasteiger partial charge is 0.493 e. The largest absolute Gasteiger partial charge is 0.508 e. The minimum Gasteiger partial charge on any atom is -0.493 e. The molecular weight excluding hydrogens is 494 g/mol. The first kappa shape index (κ1) is 26.7. The van der Waals surface area contributed by atoms with Gasteiger partial charge in [-0.05, 0) is 37.5 Å². The van der Waals surface area contributed by atoms with Gasteiger partial charge in [-0.3, -0.25) is 9.69 Å². The van der Waals surface area contributed by atoms with Gasteiger partial charge in [-0.2, -0.15) is 5.26 Å². The number of nitriles is 1. The van der Waals surface area contributed by atoms with E-state index in [-0.39, 0.29) is 18.6 Å². The highest BCUT2D eigenvalue weighted by atomic mass is 32.1. The van der Waals surface area contributed by atoms with Crippen LogP contribution in [0.4, 0.5) is 9.80 Å². The molecule has 37 heavy (non-hydrogen) atoms. The zero-order valence-electron chi connectivity index (χ0n) is 20.9. The molecule has 0 spiro atoms. The van der Waals surface area contributed by atoms with Crippen molar-refractivity contribution in [3.8, 4) is 11.8 Å². The molecule has 2 heterocycles. The van der Waals surface area contributed by atoms with E-state index in [2.05, 4.69) is 16.3 Å². The first-order valence-electron chi connectivity index (χ1n) is 12.5. The highest BCUT2D eigenvalue weighted by Crippen LogP contribution is 2.38. The number of ether oxygens (including phenoxy) is 4. The van der Waals surface area contributed by atoms with Gasteiger partial charge in [-0.25, -0.2) is 4.79 Å². The summed E-state index contributed by atoms with van der Waals surface area (Å²) in [5.41, 5.74) is 2.18. The maximum atomic E-state index is 12.6. The quantitative estimate of drug-likeness (QED) is 0.386. The number of thiophene rings is 1. The normalized spacial score (nSPS) is 17.6. The maximum absolute atomic E-state index is 12.6. The van der Waals surface area contributed by atoms with E-state index in [1.165, 1.54) is 17.4 Å². The molecule has 2 aromatic rings. The van der Waals surface area contributed by atoms with Crippen LogP contribution in [0.25, 0.3) is 6.08 Å². The summed E-state index contributed by atoms with van der Waals surface area (Å²) in [6.07, 6.45) is 3.79. The lowest BCUT2D eigenvalue weighted by atomic mass is 9.94. The Kier molecular flexibility index (Phi) is 9.54. The van der Waals surface area contributed by atoms with Crippen molar-refractivity contribution in [1.29, 1.82) is 5.26 Å². The van der Waals surface area contributed by atoms with Crippen LogP contribution >= 0.6 is 11.3 Å². The number of hydrogen-bond acceptors (Lipinski definition) is 9. The minimum absolute atomic E-state index is 0.271. The van der Waals surface area contributed by atoms with Crippen molar-refractivity contribution in [2.75, 3.05) is 51.4 Å². The highest BCUT2D eigenvalue weighted by Gasteiger charge is 2.28. The van der Waals surface area contributed by atoms with Crippen LogP contribution in [0.15, 0.2) is 30.3 Å². The molecule has 1 amide bonds. The molecule has 196 valence electrons. The second-order valence-corrected chi connectivity index (χ2v) is 9.75. The Bertz CT molecular complexity index is 1170. The number of anilines is 1. The van der Waals surface area contributed by atoms with Crippen molar-refractivity contribution in [3.05, 3.63) is 51.9 Å². The number of morpholine rings is 1. The summed E-state index contributed by atoms with van der Waals surface area (Å²) in [5.74, 6) is 0.363. The third-order valence-electron chi connectivity index (χ3n) is 6.20. The molecule has 1 unspecified atom stereocenters. The van der Waals surface area contributed by atoms with Crippen molar-refractivity contribution in [2.24, 2.45) is 0 Å². The van der Waals surface area contributed by atoms with Crippen LogP contribution in [0.3, 0.4) is 0 Å². The van der Waals surface area contributed by atoms with E-state index >= 15 is 0 Å². The van der Waals surface area contributed by atoms with Crippen molar-refractivity contribution in [1.82, 2.24) is 4.90 Å². The maximum Gasteiger partial charge on any atom is 0.508 e. The Balaban J connectivity index is 1.31. The van der Waals surface area contributed by atoms with Gasteiger partial charge in [0.05, 0.1) is 25.4 Å². The molecule has 1 atom stereocenters. The molecule has 0 bridgehead atoms. The van der Waals surface area contributed by atoms with E-state index in [0.29, 0.717) is 61.9 Å². The van der Waals surface area contributed by atoms with Crippen LogP contribution in [0.1, 0.15) is 34.9 Å². The zero-order valence-corrected chi connectivity index (χ0v) is 21.7. The van der Waals surface area contributed by atoms with Gasteiger partial charge in [0, 0.05) is 42.6 Å². The number of benzene rings is 1. The number of para-hydroxylation sites is 1. The Morgan fingerprint density at radius 3 is 2.89 bits per heavy atom.